The third-order valence-corrected chi connectivity index (χ3v) is 4.59. The minimum absolute atomic E-state index is 0.0218. The Labute approximate surface area is 126 Å². The van der Waals surface area contributed by atoms with Crippen molar-refractivity contribution in [2.24, 2.45) is 0 Å². The Morgan fingerprint density at radius 3 is 2.57 bits per heavy atom. The van der Waals surface area contributed by atoms with Crippen molar-refractivity contribution in [3.8, 4) is 0 Å². The van der Waals surface area contributed by atoms with Crippen molar-refractivity contribution in [2.75, 3.05) is 39.3 Å². The van der Waals surface area contributed by atoms with Crippen molar-refractivity contribution >= 4 is 5.91 Å². The van der Waals surface area contributed by atoms with Gasteiger partial charge >= 0.3 is 0 Å². The van der Waals surface area contributed by atoms with Gasteiger partial charge in [0.25, 0.3) is 5.91 Å². The Hall–Kier alpha value is -1.33. The number of amides is 1. The highest BCUT2D eigenvalue weighted by atomic mass is 16.4. The van der Waals surface area contributed by atoms with Gasteiger partial charge in [0.1, 0.15) is 5.76 Å². The first-order chi connectivity index (χ1) is 10.3. The van der Waals surface area contributed by atoms with Gasteiger partial charge < -0.3 is 14.6 Å². The molecule has 3 rings (SSSR count). The van der Waals surface area contributed by atoms with Crippen molar-refractivity contribution in [1.29, 1.82) is 0 Å². The van der Waals surface area contributed by atoms with Crippen LogP contribution in [0.15, 0.2) is 16.5 Å². The Morgan fingerprint density at radius 1 is 1.14 bits per heavy atom. The number of piperidine rings is 1. The van der Waals surface area contributed by atoms with Crippen LogP contribution in [0.3, 0.4) is 0 Å². The predicted octanol–water partition coefficient (Wildman–Crippen LogP) is 1.87. The Kier molecular flexibility index (Phi) is 4.60. The van der Waals surface area contributed by atoms with Crippen LogP contribution >= 0.6 is 0 Å². The van der Waals surface area contributed by atoms with E-state index in [0.29, 0.717) is 5.76 Å². The first kappa shape index (κ1) is 14.6. The van der Waals surface area contributed by atoms with Crippen LogP contribution in [0.4, 0.5) is 0 Å². The molecule has 1 aromatic rings. The molecule has 0 spiro atoms. The topological polar surface area (TPSA) is 48.7 Å². The first-order valence-electron chi connectivity index (χ1n) is 8.09. The summed E-state index contributed by atoms with van der Waals surface area (Å²) < 4.78 is 5.86. The molecular weight excluding hydrogens is 266 g/mol. The summed E-state index contributed by atoms with van der Waals surface area (Å²) in [6.07, 6.45) is 3.85. The van der Waals surface area contributed by atoms with Crippen molar-refractivity contribution in [3.63, 3.8) is 0 Å². The van der Waals surface area contributed by atoms with Gasteiger partial charge in [-0.3, -0.25) is 9.69 Å². The summed E-state index contributed by atoms with van der Waals surface area (Å²) in [6.45, 7) is 7.68. The van der Waals surface area contributed by atoms with Crippen LogP contribution in [0.25, 0.3) is 0 Å². The number of carbonyl (C=O) groups is 1. The maximum absolute atomic E-state index is 12.4. The van der Waals surface area contributed by atoms with Gasteiger partial charge in [-0.1, -0.05) is 6.42 Å². The van der Waals surface area contributed by atoms with Crippen LogP contribution in [0.1, 0.15) is 48.5 Å². The van der Waals surface area contributed by atoms with Crippen LogP contribution in [-0.4, -0.2) is 55.0 Å². The van der Waals surface area contributed by atoms with Crippen molar-refractivity contribution < 1.29 is 9.21 Å². The molecule has 1 amide bonds. The number of hydrogen-bond acceptors (Lipinski definition) is 4. The summed E-state index contributed by atoms with van der Waals surface area (Å²) in [4.78, 5) is 16.7. The normalized spacial score (nSPS) is 22.2. The monoisotopic (exact) mass is 291 g/mol. The molecule has 116 valence electrons. The maximum Gasteiger partial charge on any atom is 0.289 e. The minimum Gasteiger partial charge on any atom is -0.454 e. The highest BCUT2D eigenvalue weighted by molar-refractivity contribution is 5.91. The highest BCUT2D eigenvalue weighted by Crippen LogP contribution is 2.26. The van der Waals surface area contributed by atoms with E-state index in [-0.39, 0.29) is 11.9 Å². The SMILES string of the molecule is CC(c1ccc(C(=O)N2CCNCC2)o1)N1CCCCC1. The van der Waals surface area contributed by atoms with E-state index in [9.17, 15) is 4.79 Å². The molecule has 0 radical (unpaired) electrons. The molecule has 2 aliphatic rings. The van der Waals surface area contributed by atoms with Gasteiger partial charge in [-0.2, -0.15) is 0 Å². The summed E-state index contributed by atoms with van der Waals surface area (Å²) in [6, 6.07) is 4.06. The fourth-order valence-electron chi connectivity index (χ4n) is 3.20. The highest BCUT2D eigenvalue weighted by Gasteiger charge is 2.24. The Bertz CT molecular complexity index is 474. The number of piperazine rings is 1. The average Bonchev–Trinajstić information content (AvgIpc) is 3.05. The number of furan rings is 1. The smallest absolute Gasteiger partial charge is 0.289 e. The van der Waals surface area contributed by atoms with E-state index in [1.165, 1.54) is 19.3 Å². The lowest BCUT2D eigenvalue weighted by molar-refractivity contribution is 0.0696. The second-order valence-corrected chi connectivity index (χ2v) is 6.02. The van der Waals surface area contributed by atoms with Crippen LogP contribution in [0.5, 0.6) is 0 Å². The fourth-order valence-corrected chi connectivity index (χ4v) is 3.20. The van der Waals surface area contributed by atoms with Crippen LogP contribution in [0, 0.1) is 0 Å². The summed E-state index contributed by atoms with van der Waals surface area (Å²) >= 11 is 0. The zero-order chi connectivity index (χ0) is 14.7. The van der Waals surface area contributed by atoms with Crippen LogP contribution in [0.2, 0.25) is 0 Å². The van der Waals surface area contributed by atoms with Crippen molar-refractivity contribution in [3.05, 3.63) is 23.7 Å². The van der Waals surface area contributed by atoms with Crippen LogP contribution in [-0.2, 0) is 0 Å². The lowest BCUT2D eigenvalue weighted by Crippen LogP contribution is -2.46. The van der Waals surface area contributed by atoms with Crippen molar-refractivity contribution in [1.82, 2.24) is 15.1 Å². The van der Waals surface area contributed by atoms with E-state index in [2.05, 4.69) is 17.1 Å². The average molecular weight is 291 g/mol. The van der Waals surface area contributed by atoms with Gasteiger partial charge in [0.2, 0.25) is 0 Å². The third kappa shape index (κ3) is 3.30. The van der Waals surface area contributed by atoms with Gasteiger partial charge in [-0.25, -0.2) is 0 Å². The molecule has 2 aliphatic heterocycles. The molecule has 21 heavy (non-hydrogen) atoms. The van der Waals surface area contributed by atoms with Gasteiger partial charge in [0.15, 0.2) is 5.76 Å². The molecule has 1 atom stereocenters. The van der Waals surface area contributed by atoms with Gasteiger partial charge in [-0.15, -0.1) is 0 Å². The molecule has 0 bridgehead atoms. The molecule has 0 aliphatic carbocycles. The molecule has 1 unspecified atom stereocenters. The zero-order valence-electron chi connectivity index (χ0n) is 12.8. The zero-order valence-corrected chi connectivity index (χ0v) is 12.8. The molecule has 5 heteroatoms. The largest absolute Gasteiger partial charge is 0.454 e. The number of likely N-dealkylation sites (tertiary alicyclic amines) is 1. The quantitative estimate of drug-likeness (QED) is 0.923. The maximum atomic E-state index is 12.4. The predicted molar refractivity (Wildman–Crippen MR) is 81.3 cm³/mol. The molecule has 2 saturated heterocycles. The number of hydrogen-bond donors (Lipinski definition) is 1. The summed E-state index contributed by atoms with van der Waals surface area (Å²) in [5.41, 5.74) is 0. The van der Waals surface area contributed by atoms with Gasteiger partial charge in [-0.05, 0) is 45.0 Å². The number of nitrogens with zero attached hydrogens (tertiary/aromatic N) is 2. The fraction of sp³-hybridized carbons (Fsp3) is 0.688. The Balaban J connectivity index is 1.65. The van der Waals surface area contributed by atoms with E-state index >= 15 is 0 Å². The van der Waals surface area contributed by atoms with Crippen LogP contribution < -0.4 is 5.32 Å². The van der Waals surface area contributed by atoms with Gasteiger partial charge in [0.05, 0.1) is 6.04 Å². The molecule has 1 N–H and O–H groups in total. The molecule has 1 aromatic heterocycles. The molecule has 5 nitrogen and oxygen atoms in total. The molecular formula is C16H25N3O2. The van der Waals surface area contributed by atoms with Gasteiger partial charge in [0, 0.05) is 26.2 Å². The van der Waals surface area contributed by atoms with Crippen molar-refractivity contribution in [2.45, 2.75) is 32.2 Å². The van der Waals surface area contributed by atoms with E-state index in [0.717, 1.165) is 45.0 Å². The second kappa shape index (κ2) is 6.62. The Morgan fingerprint density at radius 2 is 1.86 bits per heavy atom. The molecule has 0 saturated carbocycles. The number of rotatable bonds is 3. The molecule has 3 heterocycles. The lowest BCUT2D eigenvalue weighted by atomic mass is 10.1. The van der Waals surface area contributed by atoms with E-state index in [1.807, 2.05) is 17.0 Å². The summed E-state index contributed by atoms with van der Waals surface area (Å²) in [5, 5.41) is 3.26. The standard InChI is InChI=1S/C16H25N3O2/c1-13(18-9-3-2-4-10-18)14-5-6-15(21-14)16(20)19-11-7-17-8-12-19/h5-6,13,17H,2-4,7-12H2,1H3. The van der Waals surface area contributed by atoms with E-state index < -0.39 is 0 Å². The summed E-state index contributed by atoms with van der Waals surface area (Å²) in [5.74, 6) is 1.42. The third-order valence-electron chi connectivity index (χ3n) is 4.59. The second-order valence-electron chi connectivity index (χ2n) is 6.02. The van der Waals surface area contributed by atoms with E-state index in [4.69, 9.17) is 4.42 Å². The van der Waals surface area contributed by atoms with E-state index in [1.54, 1.807) is 0 Å². The number of nitrogens with one attached hydrogen (secondary N) is 1. The molecule has 0 aromatic carbocycles. The molecule has 2 fully saturated rings. The number of carbonyl (C=O) groups excluding carboxylic acids is 1. The first-order valence-corrected chi connectivity index (χ1v) is 8.09. The minimum atomic E-state index is 0.0218. The summed E-state index contributed by atoms with van der Waals surface area (Å²) in [7, 11) is 0. The lowest BCUT2D eigenvalue weighted by Gasteiger charge is -2.31.